The standard InChI is InChI=1S/C15H26N2O3/c1-14(2,3)20-13(18)17-10-9-15(4)11(16-19)7-5-6-8-12(15)17/h12,19H,5-10H2,1-4H3/b16-11+/t12-,15+/m0/s1. The second-order valence-corrected chi connectivity index (χ2v) is 7.15. The SMILES string of the molecule is CC(C)(C)OC(=O)N1CC[C@]2(C)/C(=N/O)CCCC[C@H]12. The lowest BCUT2D eigenvalue weighted by molar-refractivity contribution is 0.0188. The van der Waals surface area contributed by atoms with E-state index in [1.165, 1.54) is 0 Å². The highest BCUT2D eigenvalue weighted by atomic mass is 16.6. The topological polar surface area (TPSA) is 62.1 Å². The van der Waals surface area contributed by atoms with Crippen molar-refractivity contribution >= 4 is 11.8 Å². The summed E-state index contributed by atoms with van der Waals surface area (Å²) in [6.07, 6.45) is 4.45. The van der Waals surface area contributed by atoms with Crippen LogP contribution in [-0.2, 0) is 4.74 Å². The van der Waals surface area contributed by atoms with Gasteiger partial charge in [-0.15, -0.1) is 0 Å². The molecule has 0 unspecified atom stereocenters. The van der Waals surface area contributed by atoms with Gasteiger partial charge >= 0.3 is 6.09 Å². The van der Waals surface area contributed by atoms with Crippen molar-refractivity contribution in [2.45, 2.75) is 71.4 Å². The number of carbonyl (C=O) groups excluding carboxylic acids is 1. The zero-order valence-corrected chi connectivity index (χ0v) is 13.0. The van der Waals surface area contributed by atoms with Crippen LogP contribution in [0.15, 0.2) is 5.16 Å². The lowest BCUT2D eigenvalue weighted by atomic mass is 9.77. The van der Waals surface area contributed by atoms with Gasteiger partial charge in [0.15, 0.2) is 0 Å². The molecule has 1 aliphatic heterocycles. The number of hydrogen-bond acceptors (Lipinski definition) is 4. The number of amides is 1. The quantitative estimate of drug-likeness (QED) is 0.547. The fourth-order valence-electron chi connectivity index (χ4n) is 3.45. The Hall–Kier alpha value is -1.26. The first kappa shape index (κ1) is 15.1. The number of hydrogen-bond donors (Lipinski definition) is 1. The van der Waals surface area contributed by atoms with Gasteiger partial charge in [-0.25, -0.2) is 4.79 Å². The van der Waals surface area contributed by atoms with Gasteiger partial charge in [0.2, 0.25) is 0 Å². The van der Waals surface area contributed by atoms with Crippen LogP contribution in [0.3, 0.4) is 0 Å². The molecule has 1 saturated carbocycles. The fraction of sp³-hybridized carbons (Fsp3) is 0.867. The van der Waals surface area contributed by atoms with Gasteiger partial charge in [0.25, 0.3) is 0 Å². The van der Waals surface area contributed by atoms with Crippen molar-refractivity contribution in [1.29, 1.82) is 0 Å². The van der Waals surface area contributed by atoms with E-state index < -0.39 is 5.60 Å². The Morgan fingerprint density at radius 1 is 1.45 bits per heavy atom. The molecule has 0 spiro atoms. The molecular weight excluding hydrogens is 256 g/mol. The lowest BCUT2D eigenvalue weighted by Crippen LogP contribution is -2.46. The van der Waals surface area contributed by atoms with Gasteiger partial charge in [-0.1, -0.05) is 18.5 Å². The van der Waals surface area contributed by atoms with Crippen molar-refractivity contribution in [3.05, 3.63) is 0 Å². The summed E-state index contributed by atoms with van der Waals surface area (Å²) in [5, 5.41) is 12.8. The molecule has 2 fully saturated rings. The van der Waals surface area contributed by atoms with Crippen molar-refractivity contribution in [3.8, 4) is 0 Å². The molecule has 0 aromatic carbocycles. The van der Waals surface area contributed by atoms with Crippen LogP contribution in [0.5, 0.6) is 0 Å². The predicted octanol–water partition coefficient (Wildman–Crippen LogP) is 3.41. The second kappa shape index (κ2) is 5.26. The number of rotatable bonds is 0. The van der Waals surface area contributed by atoms with Crippen LogP contribution in [0.1, 0.15) is 59.8 Å². The van der Waals surface area contributed by atoms with Crippen molar-refractivity contribution in [2.24, 2.45) is 10.6 Å². The molecule has 0 bridgehead atoms. The van der Waals surface area contributed by atoms with Crippen molar-refractivity contribution < 1.29 is 14.7 Å². The smallest absolute Gasteiger partial charge is 0.410 e. The Kier molecular flexibility index (Phi) is 3.98. The molecule has 5 heteroatoms. The molecule has 5 nitrogen and oxygen atoms in total. The predicted molar refractivity (Wildman–Crippen MR) is 77.1 cm³/mol. The molecular formula is C15H26N2O3. The van der Waals surface area contributed by atoms with Crippen LogP contribution < -0.4 is 0 Å². The number of ether oxygens (including phenoxy) is 1. The number of fused-ring (bicyclic) bond motifs is 1. The summed E-state index contributed by atoms with van der Waals surface area (Å²) in [6.45, 7) is 8.44. The Morgan fingerprint density at radius 2 is 2.15 bits per heavy atom. The molecule has 20 heavy (non-hydrogen) atoms. The van der Waals surface area contributed by atoms with E-state index in [0.717, 1.165) is 37.8 Å². The average molecular weight is 282 g/mol. The third-order valence-corrected chi connectivity index (χ3v) is 4.53. The minimum atomic E-state index is -0.477. The van der Waals surface area contributed by atoms with E-state index >= 15 is 0 Å². The number of likely N-dealkylation sites (tertiary alicyclic amines) is 1. The largest absolute Gasteiger partial charge is 0.444 e. The first-order valence-electron chi connectivity index (χ1n) is 7.49. The molecule has 1 N–H and O–H groups in total. The molecule has 114 valence electrons. The van der Waals surface area contributed by atoms with Crippen molar-refractivity contribution in [1.82, 2.24) is 4.90 Å². The average Bonchev–Trinajstić information content (AvgIpc) is 2.57. The molecule has 0 aromatic rings. The summed E-state index contributed by atoms with van der Waals surface area (Å²) < 4.78 is 5.51. The van der Waals surface area contributed by atoms with Crippen LogP contribution in [-0.4, -0.2) is 40.1 Å². The zero-order chi connectivity index (χ0) is 15.0. The molecule has 2 aliphatic rings. The molecule has 1 heterocycles. The summed E-state index contributed by atoms with van der Waals surface area (Å²) in [5.74, 6) is 0. The number of oxime groups is 1. The van der Waals surface area contributed by atoms with Gasteiger partial charge < -0.3 is 14.8 Å². The van der Waals surface area contributed by atoms with E-state index in [4.69, 9.17) is 4.74 Å². The third kappa shape index (κ3) is 2.76. The Labute approximate surface area is 121 Å². The highest BCUT2D eigenvalue weighted by Crippen LogP contribution is 2.44. The van der Waals surface area contributed by atoms with Crippen LogP contribution in [0, 0.1) is 5.41 Å². The Balaban J connectivity index is 2.21. The fourth-order valence-corrected chi connectivity index (χ4v) is 3.45. The first-order chi connectivity index (χ1) is 9.28. The molecule has 2 atom stereocenters. The lowest BCUT2D eigenvalue weighted by Gasteiger charge is -2.34. The maximum absolute atomic E-state index is 12.4. The maximum Gasteiger partial charge on any atom is 0.410 e. The van der Waals surface area contributed by atoms with Crippen molar-refractivity contribution in [3.63, 3.8) is 0 Å². The molecule has 0 radical (unpaired) electrons. The highest BCUT2D eigenvalue weighted by Gasteiger charge is 2.50. The number of nitrogens with zero attached hydrogens (tertiary/aromatic N) is 2. The minimum absolute atomic E-state index is 0.0887. The number of carbonyl (C=O) groups is 1. The minimum Gasteiger partial charge on any atom is -0.444 e. The highest BCUT2D eigenvalue weighted by molar-refractivity contribution is 5.91. The van der Waals surface area contributed by atoms with Gasteiger partial charge in [0.05, 0.1) is 5.71 Å². The van der Waals surface area contributed by atoms with E-state index in [1.807, 2.05) is 25.7 Å². The Bertz CT molecular complexity index is 414. The zero-order valence-electron chi connectivity index (χ0n) is 13.0. The van der Waals surface area contributed by atoms with Gasteiger partial charge in [-0.05, 0) is 46.5 Å². The van der Waals surface area contributed by atoms with E-state index in [2.05, 4.69) is 12.1 Å². The van der Waals surface area contributed by atoms with Crippen LogP contribution in [0.4, 0.5) is 4.79 Å². The van der Waals surface area contributed by atoms with Gasteiger partial charge in [0, 0.05) is 18.0 Å². The molecule has 2 rings (SSSR count). The van der Waals surface area contributed by atoms with E-state index in [-0.39, 0.29) is 17.6 Å². The normalized spacial score (nSPS) is 32.9. The summed E-state index contributed by atoms with van der Waals surface area (Å²) >= 11 is 0. The van der Waals surface area contributed by atoms with Crippen LogP contribution >= 0.6 is 0 Å². The summed E-state index contributed by atoms with van der Waals surface area (Å²) in [6, 6.07) is 0.0887. The second-order valence-electron chi connectivity index (χ2n) is 7.15. The monoisotopic (exact) mass is 282 g/mol. The van der Waals surface area contributed by atoms with Crippen molar-refractivity contribution in [2.75, 3.05) is 6.54 Å². The van der Waals surface area contributed by atoms with Gasteiger partial charge in [-0.2, -0.15) is 0 Å². The maximum atomic E-state index is 12.4. The Morgan fingerprint density at radius 3 is 2.75 bits per heavy atom. The van der Waals surface area contributed by atoms with E-state index in [1.54, 1.807) is 0 Å². The molecule has 1 amide bonds. The molecule has 1 aliphatic carbocycles. The van der Waals surface area contributed by atoms with Crippen LogP contribution in [0.2, 0.25) is 0 Å². The van der Waals surface area contributed by atoms with E-state index in [9.17, 15) is 10.0 Å². The molecule has 0 aromatic heterocycles. The third-order valence-electron chi connectivity index (χ3n) is 4.53. The van der Waals surface area contributed by atoms with E-state index in [0.29, 0.717) is 6.54 Å². The molecule has 1 saturated heterocycles. The summed E-state index contributed by atoms with van der Waals surface area (Å²) in [5.41, 5.74) is 0.155. The summed E-state index contributed by atoms with van der Waals surface area (Å²) in [4.78, 5) is 14.2. The van der Waals surface area contributed by atoms with Crippen LogP contribution in [0.25, 0.3) is 0 Å². The van der Waals surface area contributed by atoms with Gasteiger partial charge in [0.1, 0.15) is 5.60 Å². The summed E-state index contributed by atoms with van der Waals surface area (Å²) in [7, 11) is 0. The first-order valence-corrected chi connectivity index (χ1v) is 7.49. The van der Waals surface area contributed by atoms with Gasteiger partial charge in [-0.3, -0.25) is 0 Å².